The molecule has 0 aromatic rings. The normalized spacial score (nSPS) is 10.9. The Kier molecular flexibility index (Phi) is 8.13. The van der Waals surface area contributed by atoms with Gasteiger partial charge in [0.25, 0.3) is 0 Å². The summed E-state index contributed by atoms with van der Waals surface area (Å²) in [6, 6.07) is 1.97. The lowest BCUT2D eigenvalue weighted by atomic mass is 10.2. The average molecular weight is 149 g/mol. The predicted molar refractivity (Wildman–Crippen MR) is 48.0 cm³/mol. The molecular weight excluding hydrogens is 134 g/mol. The molecular formula is C10H15N. The van der Waals surface area contributed by atoms with Gasteiger partial charge in [-0.1, -0.05) is 25.2 Å². The lowest BCUT2D eigenvalue weighted by Gasteiger charge is -1.87. The van der Waals surface area contributed by atoms with Gasteiger partial charge in [-0.2, -0.15) is 5.26 Å². The zero-order valence-corrected chi connectivity index (χ0v) is 7.09. The Balaban J connectivity index is 3.10. The van der Waals surface area contributed by atoms with Crippen LogP contribution in [0.1, 0.15) is 32.6 Å². The van der Waals surface area contributed by atoms with Crippen molar-refractivity contribution in [3.8, 4) is 6.07 Å². The molecule has 0 rings (SSSR count). The van der Waals surface area contributed by atoms with Crippen molar-refractivity contribution in [3.05, 3.63) is 24.3 Å². The Hall–Kier alpha value is -1.03. The molecule has 0 saturated carbocycles. The highest BCUT2D eigenvalue weighted by Gasteiger charge is 1.78. The molecule has 0 fully saturated rings. The number of hydrogen-bond acceptors (Lipinski definition) is 1. The molecule has 1 heteroatoms. The van der Waals surface area contributed by atoms with E-state index in [9.17, 15) is 0 Å². The maximum atomic E-state index is 8.16. The third-order valence-corrected chi connectivity index (χ3v) is 1.34. The smallest absolute Gasteiger partial charge is 0.0908 e. The molecule has 0 amide bonds. The Morgan fingerprint density at radius 2 is 1.91 bits per heavy atom. The summed E-state index contributed by atoms with van der Waals surface area (Å²) in [5, 5.41) is 8.16. The van der Waals surface area contributed by atoms with Crippen molar-refractivity contribution >= 4 is 0 Å². The number of nitrogens with zero attached hydrogens (tertiary/aromatic N) is 1. The lowest BCUT2D eigenvalue weighted by Crippen LogP contribution is -1.68. The Labute approximate surface area is 69.0 Å². The highest BCUT2D eigenvalue weighted by atomic mass is 14.2. The fourth-order valence-electron chi connectivity index (χ4n) is 0.774. The second-order valence-corrected chi connectivity index (χ2v) is 2.34. The van der Waals surface area contributed by atoms with Crippen molar-refractivity contribution < 1.29 is 0 Å². The fraction of sp³-hybridized carbons (Fsp3) is 0.500. The van der Waals surface area contributed by atoms with Crippen LogP contribution in [0, 0.1) is 11.3 Å². The first-order valence-corrected chi connectivity index (χ1v) is 4.11. The van der Waals surface area contributed by atoms with E-state index >= 15 is 0 Å². The number of nitriles is 1. The molecule has 0 aliphatic heterocycles. The quantitative estimate of drug-likeness (QED) is 0.334. The summed E-state index contributed by atoms with van der Waals surface area (Å²) in [6.45, 7) is 2.13. The molecule has 0 radical (unpaired) electrons. The van der Waals surface area contributed by atoms with Crippen LogP contribution in [0.3, 0.4) is 0 Å². The van der Waals surface area contributed by atoms with Gasteiger partial charge in [-0.05, 0) is 25.7 Å². The minimum atomic E-state index is 1.02. The van der Waals surface area contributed by atoms with Crippen LogP contribution in [0.15, 0.2) is 24.3 Å². The molecule has 0 aromatic carbocycles. The minimum Gasteiger partial charge on any atom is -0.193 e. The van der Waals surface area contributed by atoms with E-state index in [1.165, 1.54) is 0 Å². The first-order valence-electron chi connectivity index (χ1n) is 4.11. The van der Waals surface area contributed by atoms with Crippen LogP contribution in [-0.2, 0) is 0 Å². The molecule has 60 valence electrons. The standard InChI is InChI=1S/C10H15N/c1-2-3-4-5-6-7-8-9-10-11/h3-4,8-9H,2,5-7H2,1H3/b4-3-,9-8-. The van der Waals surface area contributed by atoms with Crippen molar-refractivity contribution in [2.45, 2.75) is 32.6 Å². The molecule has 0 heterocycles. The molecule has 0 N–H and O–H groups in total. The molecule has 0 aliphatic rings. The molecule has 0 atom stereocenters. The van der Waals surface area contributed by atoms with E-state index in [0.717, 1.165) is 25.7 Å². The third-order valence-electron chi connectivity index (χ3n) is 1.34. The van der Waals surface area contributed by atoms with E-state index in [-0.39, 0.29) is 0 Å². The maximum Gasteiger partial charge on any atom is 0.0908 e. The summed E-state index contributed by atoms with van der Waals surface area (Å²) in [5.41, 5.74) is 0. The topological polar surface area (TPSA) is 23.8 Å². The van der Waals surface area contributed by atoms with E-state index in [2.05, 4.69) is 19.1 Å². The highest BCUT2D eigenvalue weighted by molar-refractivity contribution is 5.01. The highest BCUT2D eigenvalue weighted by Crippen LogP contribution is 1.97. The van der Waals surface area contributed by atoms with Gasteiger partial charge in [0, 0.05) is 6.08 Å². The zero-order chi connectivity index (χ0) is 8.36. The summed E-state index contributed by atoms with van der Waals surface area (Å²) in [7, 11) is 0. The van der Waals surface area contributed by atoms with Crippen LogP contribution in [0.25, 0.3) is 0 Å². The van der Waals surface area contributed by atoms with Gasteiger partial charge in [-0.25, -0.2) is 0 Å². The summed E-state index contributed by atoms with van der Waals surface area (Å²) in [4.78, 5) is 0. The van der Waals surface area contributed by atoms with Crippen LogP contribution in [0.5, 0.6) is 0 Å². The van der Waals surface area contributed by atoms with E-state index in [0.29, 0.717) is 0 Å². The molecule has 0 aromatic heterocycles. The van der Waals surface area contributed by atoms with Crippen LogP contribution >= 0.6 is 0 Å². The molecule has 0 unspecified atom stereocenters. The molecule has 11 heavy (non-hydrogen) atoms. The summed E-state index contributed by atoms with van der Waals surface area (Å²) < 4.78 is 0. The van der Waals surface area contributed by atoms with Gasteiger partial charge in [0.15, 0.2) is 0 Å². The lowest BCUT2D eigenvalue weighted by molar-refractivity contribution is 0.865. The molecule has 0 aliphatic carbocycles. The van der Waals surface area contributed by atoms with Crippen LogP contribution in [-0.4, -0.2) is 0 Å². The minimum absolute atomic E-state index is 1.02. The number of rotatable bonds is 5. The monoisotopic (exact) mass is 149 g/mol. The van der Waals surface area contributed by atoms with Gasteiger partial charge < -0.3 is 0 Å². The molecule has 0 spiro atoms. The molecule has 1 nitrogen and oxygen atoms in total. The van der Waals surface area contributed by atoms with Crippen LogP contribution < -0.4 is 0 Å². The van der Waals surface area contributed by atoms with Crippen molar-refractivity contribution in [2.24, 2.45) is 0 Å². The Morgan fingerprint density at radius 1 is 1.18 bits per heavy atom. The van der Waals surface area contributed by atoms with Gasteiger partial charge in [0.1, 0.15) is 0 Å². The van der Waals surface area contributed by atoms with Gasteiger partial charge in [0.05, 0.1) is 6.07 Å². The van der Waals surface area contributed by atoms with Crippen molar-refractivity contribution in [3.63, 3.8) is 0 Å². The van der Waals surface area contributed by atoms with Gasteiger partial charge in [-0.3, -0.25) is 0 Å². The maximum absolute atomic E-state index is 8.16. The fourth-order valence-corrected chi connectivity index (χ4v) is 0.774. The Morgan fingerprint density at radius 3 is 2.55 bits per heavy atom. The second kappa shape index (κ2) is 8.97. The van der Waals surface area contributed by atoms with Crippen LogP contribution in [0.2, 0.25) is 0 Å². The van der Waals surface area contributed by atoms with E-state index < -0.39 is 0 Å². The Bertz CT molecular complexity index is 160. The van der Waals surface area contributed by atoms with Crippen molar-refractivity contribution in [1.29, 1.82) is 5.26 Å². The van der Waals surface area contributed by atoms with E-state index in [1.807, 2.05) is 12.1 Å². The third kappa shape index (κ3) is 8.97. The van der Waals surface area contributed by atoms with Crippen molar-refractivity contribution in [2.75, 3.05) is 0 Å². The number of allylic oxidation sites excluding steroid dienone is 4. The average Bonchev–Trinajstić information content (AvgIpc) is 2.03. The van der Waals surface area contributed by atoms with E-state index in [1.54, 1.807) is 6.08 Å². The molecule has 0 saturated heterocycles. The van der Waals surface area contributed by atoms with Gasteiger partial charge in [-0.15, -0.1) is 0 Å². The van der Waals surface area contributed by atoms with E-state index in [4.69, 9.17) is 5.26 Å². The number of unbranched alkanes of at least 4 members (excludes halogenated alkanes) is 2. The zero-order valence-electron chi connectivity index (χ0n) is 7.09. The largest absolute Gasteiger partial charge is 0.193 e. The first-order chi connectivity index (χ1) is 5.41. The SMILES string of the molecule is CC/C=C\CCC/C=C\C#N. The predicted octanol–water partition coefficient (Wildman–Crippen LogP) is 3.20. The summed E-state index contributed by atoms with van der Waals surface area (Å²) in [6.07, 6.45) is 12.2. The number of hydrogen-bond donors (Lipinski definition) is 0. The second-order valence-electron chi connectivity index (χ2n) is 2.34. The van der Waals surface area contributed by atoms with Crippen LogP contribution in [0.4, 0.5) is 0 Å². The van der Waals surface area contributed by atoms with Gasteiger partial charge in [0.2, 0.25) is 0 Å². The molecule has 0 bridgehead atoms. The van der Waals surface area contributed by atoms with Crippen molar-refractivity contribution in [1.82, 2.24) is 0 Å². The summed E-state index contributed by atoms with van der Waals surface area (Å²) in [5.74, 6) is 0. The first kappa shape index (κ1) is 9.97. The summed E-state index contributed by atoms with van der Waals surface area (Å²) >= 11 is 0. The van der Waals surface area contributed by atoms with Gasteiger partial charge >= 0.3 is 0 Å².